The number of halogens is 1. The van der Waals surface area contributed by atoms with Crippen molar-refractivity contribution in [1.82, 2.24) is 19.5 Å². The lowest BCUT2D eigenvalue weighted by atomic mass is 9.92. The summed E-state index contributed by atoms with van der Waals surface area (Å²) < 4.78 is 34.5. The molecule has 43 heavy (non-hydrogen) atoms. The molecule has 3 aromatic heterocycles. The SMILES string of the molecule is Cc1ccn2ncc(-c3nc(N[C@@H]4CCOC[C@@H]4CC(=O)OC(C)(C)C)c(F)c4c3C(=O)N(C(=O)OC(C)(C)C)C4)c2c1. The monoisotopic (exact) mass is 595 g/mol. The average Bonchev–Trinajstić information content (AvgIpc) is 3.46. The van der Waals surface area contributed by atoms with E-state index in [2.05, 4.69) is 15.4 Å². The highest BCUT2D eigenvalue weighted by atomic mass is 19.1. The molecule has 2 amide bonds. The van der Waals surface area contributed by atoms with Crippen molar-refractivity contribution in [2.75, 3.05) is 18.5 Å². The van der Waals surface area contributed by atoms with Crippen LogP contribution in [0.15, 0.2) is 24.5 Å². The van der Waals surface area contributed by atoms with Crippen LogP contribution < -0.4 is 5.32 Å². The Balaban J connectivity index is 1.56. The predicted octanol–water partition coefficient (Wildman–Crippen LogP) is 5.28. The van der Waals surface area contributed by atoms with E-state index in [1.165, 1.54) is 0 Å². The van der Waals surface area contributed by atoms with Crippen LogP contribution in [0, 0.1) is 18.7 Å². The molecule has 0 bridgehead atoms. The minimum atomic E-state index is -0.869. The summed E-state index contributed by atoms with van der Waals surface area (Å²) >= 11 is 0. The Morgan fingerprint density at radius 3 is 2.58 bits per heavy atom. The van der Waals surface area contributed by atoms with Crippen LogP contribution in [0.25, 0.3) is 16.8 Å². The van der Waals surface area contributed by atoms with E-state index in [4.69, 9.17) is 14.2 Å². The van der Waals surface area contributed by atoms with E-state index in [-0.39, 0.29) is 60.1 Å². The molecule has 0 unspecified atom stereocenters. The number of pyridine rings is 2. The molecule has 0 radical (unpaired) electrons. The van der Waals surface area contributed by atoms with E-state index >= 15 is 4.39 Å². The van der Waals surface area contributed by atoms with Gasteiger partial charge in [-0.3, -0.25) is 9.59 Å². The smallest absolute Gasteiger partial charge is 0.417 e. The molecule has 2 aliphatic rings. The van der Waals surface area contributed by atoms with Gasteiger partial charge in [0.15, 0.2) is 11.6 Å². The summed E-state index contributed by atoms with van der Waals surface area (Å²) in [6.45, 7) is 12.8. The lowest BCUT2D eigenvalue weighted by Gasteiger charge is -2.33. The fraction of sp³-hybridized carbons (Fsp3) is 0.516. The zero-order valence-electron chi connectivity index (χ0n) is 25.6. The minimum absolute atomic E-state index is 0.0115. The standard InChI is InChI=1S/C31H38FN5O6/c1-17-8-10-37-22(12-17)19(14-33-37)26-24-20(15-36(28(24)39)29(40)43-31(5,6)7)25(32)27(35-26)34-21-9-11-41-16-18(21)13-23(38)42-30(2,3)4/h8,10,12,14,18,21H,9,11,13,15-16H2,1-7H3,(H,34,35)/t18-,21+/m0/s1. The van der Waals surface area contributed by atoms with Gasteiger partial charge in [-0.15, -0.1) is 0 Å². The van der Waals surface area contributed by atoms with Gasteiger partial charge >= 0.3 is 12.1 Å². The lowest BCUT2D eigenvalue weighted by Crippen LogP contribution is -2.40. The topological polar surface area (TPSA) is 124 Å². The van der Waals surface area contributed by atoms with Gasteiger partial charge in [0.25, 0.3) is 5.91 Å². The number of ether oxygens (including phenoxy) is 3. The average molecular weight is 596 g/mol. The Bertz CT molecular complexity index is 1590. The van der Waals surface area contributed by atoms with Gasteiger partial charge in [-0.1, -0.05) is 0 Å². The van der Waals surface area contributed by atoms with Crippen molar-refractivity contribution in [2.45, 2.75) is 85.1 Å². The van der Waals surface area contributed by atoms with Crippen LogP contribution in [0.5, 0.6) is 0 Å². The number of imide groups is 1. The number of hydrogen-bond donors (Lipinski definition) is 1. The molecule has 0 aliphatic carbocycles. The highest BCUT2D eigenvalue weighted by molar-refractivity contribution is 6.11. The molecule has 1 N–H and O–H groups in total. The normalized spacial score (nSPS) is 19.0. The van der Waals surface area contributed by atoms with Crippen LogP contribution in [0.2, 0.25) is 0 Å². The number of aromatic nitrogens is 3. The Labute approximate surface area is 249 Å². The first-order valence-electron chi connectivity index (χ1n) is 14.4. The number of nitrogens with one attached hydrogen (secondary N) is 1. The van der Waals surface area contributed by atoms with Crippen molar-refractivity contribution in [2.24, 2.45) is 5.92 Å². The summed E-state index contributed by atoms with van der Waals surface area (Å²) in [6.07, 6.45) is 3.07. The summed E-state index contributed by atoms with van der Waals surface area (Å²) in [5.41, 5.74) is 0.867. The summed E-state index contributed by atoms with van der Waals surface area (Å²) in [4.78, 5) is 44.9. The quantitative estimate of drug-likeness (QED) is 0.392. The predicted molar refractivity (Wildman–Crippen MR) is 156 cm³/mol. The minimum Gasteiger partial charge on any atom is -0.460 e. The number of nitrogens with zero attached hydrogens (tertiary/aromatic N) is 4. The number of hydrogen-bond acceptors (Lipinski definition) is 9. The molecule has 1 fully saturated rings. The third-order valence-electron chi connectivity index (χ3n) is 7.20. The largest absolute Gasteiger partial charge is 0.460 e. The molecule has 0 aromatic carbocycles. The summed E-state index contributed by atoms with van der Waals surface area (Å²) in [7, 11) is 0. The first-order chi connectivity index (χ1) is 20.1. The Morgan fingerprint density at radius 1 is 1.16 bits per heavy atom. The maximum absolute atomic E-state index is 16.3. The summed E-state index contributed by atoms with van der Waals surface area (Å²) in [5.74, 6) is -2.20. The van der Waals surface area contributed by atoms with Gasteiger partial charge in [-0.25, -0.2) is 23.6 Å². The molecule has 1 saturated heterocycles. The third-order valence-corrected chi connectivity index (χ3v) is 7.20. The van der Waals surface area contributed by atoms with Crippen molar-refractivity contribution >= 4 is 29.3 Å². The second-order valence-corrected chi connectivity index (χ2v) is 13.1. The zero-order chi connectivity index (χ0) is 31.3. The second kappa shape index (κ2) is 11.2. The molecular weight excluding hydrogens is 557 g/mol. The maximum atomic E-state index is 16.3. The lowest BCUT2D eigenvalue weighted by molar-refractivity contribution is -0.157. The van der Waals surface area contributed by atoms with Crippen molar-refractivity contribution in [3.63, 3.8) is 0 Å². The highest BCUT2D eigenvalue weighted by Gasteiger charge is 2.41. The van der Waals surface area contributed by atoms with Crippen LogP contribution in [0.1, 0.15) is 75.9 Å². The van der Waals surface area contributed by atoms with Crippen LogP contribution in [0.4, 0.5) is 15.0 Å². The molecular formula is C31H38FN5O6. The van der Waals surface area contributed by atoms with Gasteiger partial charge in [-0.2, -0.15) is 5.10 Å². The van der Waals surface area contributed by atoms with E-state index in [0.29, 0.717) is 24.1 Å². The van der Waals surface area contributed by atoms with Crippen LogP contribution in [-0.2, 0) is 25.5 Å². The molecule has 0 saturated carbocycles. The van der Waals surface area contributed by atoms with Gasteiger partial charge in [0.2, 0.25) is 0 Å². The molecule has 5 heterocycles. The summed E-state index contributed by atoms with van der Waals surface area (Å²) in [5, 5.41) is 7.62. The van der Waals surface area contributed by atoms with Crippen molar-refractivity contribution < 1.29 is 33.0 Å². The molecule has 5 rings (SSSR count). The molecule has 12 heteroatoms. The van der Waals surface area contributed by atoms with Crippen LogP contribution >= 0.6 is 0 Å². The summed E-state index contributed by atoms with van der Waals surface area (Å²) in [6, 6.07) is 3.43. The third kappa shape index (κ3) is 6.48. The van der Waals surface area contributed by atoms with E-state index in [1.54, 1.807) is 58.5 Å². The number of carbonyl (C=O) groups is 3. The molecule has 11 nitrogen and oxygen atoms in total. The fourth-order valence-corrected chi connectivity index (χ4v) is 5.34. The van der Waals surface area contributed by atoms with E-state index in [1.807, 2.05) is 19.1 Å². The van der Waals surface area contributed by atoms with Gasteiger partial charge < -0.3 is 19.5 Å². The fourth-order valence-electron chi connectivity index (χ4n) is 5.34. The van der Waals surface area contributed by atoms with Crippen molar-refractivity contribution in [3.8, 4) is 11.3 Å². The molecule has 3 aromatic rings. The molecule has 230 valence electrons. The number of aryl methyl sites for hydroxylation is 1. The number of esters is 1. The highest BCUT2D eigenvalue weighted by Crippen LogP contribution is 2.39. The molecule has 2 atom stereocenters. The number of fused-ring (bicyclic) bond motifs is 2. The maximum Gasteiger partial charge on any atom is 0.417 e. The van der Waals surface area contributed by atoms with Crippen LogP contribution in [-0.4, -0.2) is 67.9 Å². The first kappa shape index (κ1) is 30.4. The van der Waals surface area contributed by atoms with Gasteiger partial charge in [-0.05, 0) is 72.6 Å². The second-order valence-electron chi connectivity index (χ2n) is 13.1. The Hall–Kier alpha value is -4.06. The first-order valence-corrected chi connectivity index (χ1v) is 14.4. The zero-order valence-corrected chi connectivity index (χ0v) is 25.6. The number of anilines is 1. The number of rotatable bonds is 5. The van der Waals surface area contributed by atoms with Crippen molar-refractivity contribution in [3.05, 3.63) is 47.0 Å². The van der Waals surface area contributed by atoms with E-state index in [0.717, 1.165) is 10.5 Å². The van der Waals surface area contributed by atoms with E-state index < -0.39 is 29.0 Å². The van der Waals surface area contributed by atoms with Crippen molar-refractivity contribution in [1.29, 1.82) is 0 Å². The van der Waals surface area contributed by atoms with Crippen LogP contribution in [0.3, 0.4) is 0 Å². The number of amides is 2. The van der Waals surface area contributed by atoms with Gasteiger partial charge in [0.05, 0.1) is 42.5 Å². The molecule has 0 spiro atoms. The Morgan fingerprint density at radius 2 is 1.88 bits per heavy atom. The van der Waals surface area contributed by atoms with E-state index in [9.17, 15) is 14.4 Å². The molecule has 2 aliphatic heterocycles. The van der Waals surface area contributed by atoms with Gasteiger partial charge in [0, 0.05) is 35.9 Å². The van der Waals surface area contributed by atoms with Gasteiger partial charge in [0.1, 0.15) is 11.2 Å². The number of carbonyl (C=O) groups excluding carboxylic acids is 3. The Kier molecular flexibility index (Phi) is 7.93.